The van der Waals surface area contributed by atoms with Crippen molar-refractivity contribution in [3.8, 4) is 5.69 Å². The van der Waals surface area contributed by atoms with Crippen LogP contribution in [0.2, 0.25) is 0 Å². The van der Waals surface area contributed by atoms with Crippen molar-refractivity contribution in [1.29, 1.82) is 0 Å². The Bertz CT molecular complexity index is 1580. The third-order valence-corrected chi connectivity index (χ3v) is 6.27. The predicted octanol–water partition coefficient (Wildman–Crippen LogP) is 6.69. The Labute approximate surface area is 212 Å². The third-order valence-electron chi connectivity index (χ3n) is 6.27. The SMILES string of the molecule is CC(CC(C)(C)C)C(=NO)C(=O)c1ccc2c(c1)c1cc([N+](=O)[O-])ccc1n2-c1ccc([N+](=O)[O-])cc1. The first-order valence-corrected chi connectivity index (χ1v) is 11.7. The van der Waals surface area contributed by atoms with Gasteiger partial charge in [0.15, 0.2) is 0 Å². The summed E-state index contributed by atoms with van der Waals surface area (Å²) in [6.07, 6.45) is 0.631. The average molecular weight is 503 g/mol. The van der Waals surface area contributed by atoms with E-state index in [2.05, 4.69) is 5.16 Å². The van der Waals surface area contributed by atoms with Gasteiger partial charge >= 0.3 is 0 Å². The van der Waals surface area contributed by atoms with Crippen LogP contribution in [0.25, 0.3) is 27.5 Å². The van der Waals surface area contributed by atoms with Crippen LogP contribution < -0.4 is 0 Å². The molecule has 4 aromatic rings. The first-order chi connectivity index (χ1) is 17.4. The van der Waals surface area contributed by atoms with Crippen molar-refractivity contribution in [2.45, 2.75) is 34.1 Å². The lowest BCUT2D eigenvalue weighted by Gasteiger charge is -2.23. The number of hydrogen-bond donors (Lipinski definition) is 1. The van der Waals surface area contributed by atoms with Gasteiger partial charge in [0, 0.05) is 52.2 Å². The lowest BCUT2D eigenvalue weighted by Crippen LogP contribution is -2.26. The molecule has 3 aromatic carbocycles. The highest BCUT2D eigenvalue weighted by molar-refractivity contribution is 6.46. The van der Waals surface area contributed by atoms with Crippen molar-refractivity contribution < 1.29 is 19.8 Å². The molecule has 0 saturated heterocycles. The van der Waals surface area contributed by atoms with Gasteiger partial charge in [0.1, 0.15) is 5.71 Å². The van der Waals surface area contributed by atoms with Gasteiger partial charge in [0.2, 0.25) is 5.78 Å². The van der Waals surface area contributed by atoms with E-state index in [4.69, 9.17) is 0 Å². The summed E-state index contributed by atoms with van der Waals surface area (Å²) in [7, 11) is 0. The molecule has 0 aliphatic rings. The minimum Gasteiger partial charge on any atom is -0.411 e. The summed E-state index contributed by atoms with van der Waals surface area (Å²) < 4.78 is 1.83. The van der Waals surface area contributed by atoms with Crippen molar-refractivity contribution >= 4 is 44.7 Å². The molecule has 1 unspecified atom stereocenters. The zero-order valence-corrected chi connectivity index (χ0v) is 20.8. The van der Waals surface area contributed by atoms with E-state index in [0.29, 0.717) is 33.9 Å². The van der Waals surface area contributed by atoms with Gasteiger partial charge in [-0.3, -0.25) is 25.0 Å². The highest BCUT2D eigenvalue weighted by atomic mass is 16.6. The van der Waals surface area contributed by atoms with Gasteiger partial charge in [-0.2, -0.15) is 0 Å². The number of benzene rings is 3. The van der Waals surface area contributed by atoms with Crippen LogP contribution in [0, 0.1) is 31.6 Å². The van der Waals surface area contributed by atoms with E-state index >= 15 is 0 Å². The molecule has 190 valence electrons. The molecule has 1 aromatic heterocycles. The number of aromatic nitrogens is 1. The number of nitro groups is 2. The highest BCUT2D eigenvalue weighted by Gasteiger charge is 2.26. The summed E-state index contributed by atoms with van der Waals surface area (Å²) in [4.78, 5) is 35.0. The zero-order chi connectivity index (χ0) is 27.1. The summed E-state index contributed by atoms with van der Waals surface area (Å²) in [5.41, 5.74) is 1.99. The molecule has 0 spiro atoms. The number of carbonyl (C=O) groups is 1. The fraction of sp³-hybridized carbons (Fsp3) is 0.259. The van der Waals surface area contributed by atoms with E-state index in [-0.39, 0.29) is 34.0 Å². The van der Waals surface area contributed by atoms with Gasteiger partial charge in [-0.1, -0.05) is 32.9 Å². The highest BCUT2D eigenvalue weighted by Crippen LogP contribution is 2.35. The van der Waals surface area contributed by atoms with Crippen LogP contribution in [0.3, 0.4) is 0 Å². The van der Waals surface area contributed by atoms with Crippen LogP contribution >= 0.6 is 0 Å². The lowest BCUT2D eigenvalue weighted by atomic mass is 9.82. The molecule has 37 heavy (non-hydrogen) atoms. The lowest BCUT2D eigenvalue weighted by molar-refractivity contribution is -0.385. The van der Waals surface area contributed by atoms with Crippen molar-refractivity contribution in [2.24, 2.45) is 16.5 Å². The Morgan fingerprint density at radius 3 is 2.00 bits per heavy atom. The summed E-state index contributed by atoms with van der Waals surface area (Å²) in [5.74, 6) is -0.724. The van der Waals surface area contributed by atoms with Crippen molar-refractivity contribution in [3.63, 3.8) is 0 Å². The van der Waals surface area contributed by atoms with Crippen LogP contribution in [-0.2, 0) is 0 Å². The summed E-state index contributed by atoms with van der Waals surface area (Å²) in [6, 6.07) is 15.4. The quantitative estimate of drug-likeness (QED) is 0.0981. The van der Waals surface area contributed by atoms with E-state index in [1.54, 1.807) is 36.4 Å². The van der Waals surface area contributed by atoms with Crippen LogP contribution in [0.15, 0.2) is 65.8 Å². The monoisotopic (exact) mass is 502 g/mol. The second-order valence-corrected chi connectivity index (χ2v) is 10.3. The van der Waals surface area contributed by atoms with Crippen molar-refractivity contribution in [1.82, 2.24) is 4.57 Å². The topological polar surface area (TPSA) is 141 Å². The molecule has 4 rings (SSSR count). The van der Waals surface area contributed by atoms with Crippen LogP contribution in [0.4, 0.5) is 11.4 Å². The first kappa shape index (κ1) is 25.5. The molecule has 0 amide bonds. The zero-order valence-electron chi connectivity index (χ0n) is 20.8. The van der Waals surface area contributed by atoms with Gasteiger partial charge in [-0.25, -0.2) is 0 Å². The van der Waals surface area contributed by atoms with Crippen LogP contribution in [-0.4, -0.2) is 31.1 Å². The number of carbonyl (C=O) groups excluding carboxylic acids is 1. The minimum absolute atomic E-state index is 0.0411. The molecular weight excluding hydrogens is 476 g/mol. The summed E-state index contributed by atoms with van der Waals surface area (Å²) in [6.45, 7) is 7.94. The van der Waals surface area contributed by atoms with Crippen molar-refractivity contribution in [2.75, 3.05) is 0 Å². The number of ketones is 1. The largest absolute Gasteiger partial charge is 0.411 e. The molecule has 1 N–H and O–H groups in total. The minimum atomic E-state index is -0.492. The molecule has 10 nitrogen and oxygen atoms in total. The Morgan fingerprint density at radius 2 is 1.46 bits per heavy atom. The number of nitro benzene ring substituents is 2. The smallest absolute Gasteiger partial charge is 0.270 e. The van der Waals surface area contributed by atoms with Crippen LogP contribution in [0.1, 0.15) is 44.5 Å². The van der Waals surface area contributed by atoms with Gasteiger partial charge < -0.3 is 9.77 Å². The van der Waals surface area contributed by atoms with Gasteiger partial charge in [-0.15, -0.1) is 0 Å². The molecular formula is C27H26N4O6. The van der Waals surface area contributed by atoms with Gasteiger partial charge in [0.25, 0.3) is 11.4 Å². The molecule has 0 bridgehead atoms. The molecule has 1 heterocycles. The van der Waals surface area contributed by atoms with E-state index < -0.39 is 15.6 Å². The fourth-order valence-electron chi connectivity index (χ4n) is 4.80. The molecule has 0 fully saturated rings. The average Bonchev–Trinajstić information content (AvgIpc) is 3.16. The van der Waals surface area contributed by atoms with E-state index in [1.807, 2.05) is 32.3 Å². The Hall–Kier alpha value is -4.60. The molecule has 0 aliphatic heterocycles. The Kier molecular flexibility index (Phi) is 6.51. The predicted molar refractivity (Wildman–Crippen MR) is 141 cm³/mol. The van der Waals surface area contributed by atoms with Gasteiger partial charge in [-0.05, 0) is 48.2 Å². The Morgan fingerprint density at radius 1 is 0.919 bits per heavy atom. The number of oxime groups is 1. The third kappa shape index (κ3) is 4.90. The van der Waals surface area contributed by atoms with E-state index in [0.717, 1.165) is 0 Å². The summed E-state index contributed by atoms with van der Waals surface area (Å²) >= 11 is 0. The first-order valence-electron chi connectivity index (χ1n) is 11.7. The normalized spacial score (nSPS) is 13.1. The Balaban J connectivity index is 1.91. The second kappa shape index (κ2) is 9.45. The van der Waals surface area contributed by atoms with Gasteiger partial charge in [0.05, 0.1) is 20.9 Å². The molecule has 0 saturated carbocycles. The number of hydrogen-bond acceptors (Lipinski definition) is 7. The number of non-ortho nitro benzene ring substituents is 2. The number of nitrogens with zero attached hydrogens (tertiary/aromatic N) is 4. The number of fused-ring (bicyclic) bond motifs is 3. The standard InChI is InChI=1S/C27H26N4O6/c1-16(15-27(2,3)4)25(28-33)26(32)17-5-11-23-21(13-17)22-14-20(31(36)37)10-12-24(22)29(23)18-6-8-19(9-7-18)30(34)35/h5-14,16,33H,15H2,1-4H3. The fourth-order valence-corrected chi connectivity index (χ4v) is 4.80. The van der Waals surface area contributed by atoms with Crippen LogP contribution in [0.5, 0.6) is 0 Å². The number of rotatable bonds is 7. The molecule has 1 atom stereocenters. The maximum absolute atomic E-state index is 13.4. The second-order valence-electron chi connectivity index (χ2n) is 10.3. The maximum atomic E-state index is 13.4. The van der Waals surface area contributed by atoms with E-state index in [1.165, 1.54) is 24.3 Å². The summed E-state index contributed by atoms with van der Waals surface area (Å²) in [5, 5.41) is 36.7. The molecule has 0 aliphatic carbocycles. The van der Waals surface area contributed by atoms with E-state index in [9.17, 15) is 30.2 Å². The molecule has 10 heteroatoms. The number of Topliss-reactive ketones (excluding diaryl/α,β-unsaturated/α-hetero) is 1. The molecule has 0 radical (unpaired) electrons. The maximum Gasteiger partial charge on any atom is 0.270 e. The van der Waals surface area contributed by atoms with Crippen molar-refractivity contribution in [3.05, 3.63) is 86.5 Å².